The maximum atomic E-state index is 11.2. The zero-order valence-electron chi connectivity index (χ0n) is 11.5. The summed E-state index contributed by atoms with van der Waals surface area (Å²) in [6.45, 7) is 9.37. The van der Waals surface area contributed by atoms with Gasteiger partial charge >= 0.3 is 5.97 Å². The van der Waals surface area contributed by atoms with E-state index < -0.39 is 11.5 Å². The lowest BCUT2D eigenvalue weighted by molar-refractivity contribution is -0.144. The third-order valence-corrected chi connectivity index (χ3v) is 3.90. The standard InChI is InChI=1S/C13H26N2O2/c1-10-7-11(2)9-15(8-10)6-5-13(3,14-4)12(16)17/h10-11,14H,5-9H2,1-4H3,(H,16,17). The number of nitrogens with zero attached hydrogens (tertiary/aromatic N) is 1. The van der Waals surface area contributed by atoms with Crippen LogP contribution >= 0.6 is 0 Å². The third-order valence-electron chi connectivity index (χ3n) is 3.90. The molecule has 1 aliphatic rings. The number of nitrogens with one attached hydrogen (secondary N) is 1. The largest absolute Gasteiger partial charge is 0.480 e. The highest BCUT2D eigenvalue weighted by molar-refractivity contribution is 5.78. The van der Waals surface area contributed by atoms with Gasteiger partial charge in [-0.15, -0.1) is 0 Å². The summed E-state index contributed by atoms with van der Waals surface area (Å²) in [5.74, 6) is 0.687. The molecule has 1 fully saturated rings. The molecule has 100 valence electrons. The van der Waals surface area contributed by atoms with Crippen LogP contribution in [0.1, 0.15) is 33.6 Å². The van der Waals surface area contributed by atoms with E-state index in [0.29, 0.717) is 6.42 Å². The van der Waals surface area contributed by atoms with Gasteiger partial charge in [0.2, 0.25) is 0 Å². The van der Waals surface area contributed by atoms with Crippen molar-refractivity contribution in [1.82, 2.24) is 10.2 Å². The summed E-state index contributed by atoms with van der Waals surface area (Å²) < 4.78 is 0. The van der Waals surface area contributed by atoms with Crippen LogP contribution in [-0.2, 0) is 4.79 Å². The van der Waals surface area contributed by atoms with Gasteiger partial charge < -0.3 is 15.3 Å². The van der Waals surface area contributed by atoms with Crippen LogP contribution < -0.4 is 5.32 Å². The average molecular weight is 242 g/mol. The van der Waals surface area contributed by atoms with Crippen molar-refractivity contribution in [1.29, 1.82) is 0 Å². The number of hydrogen-bond donors (Lipinski definition) is 2. The van der Waals surface area contributed by atoms with E-state index in [2.05, 4.69) is 24.1 Å². The van der Waals surface area contributed by atoms with Crippen LogP contribution in [0.2, 0.25) is 0 Å². The second-order valence-electron chi connectivity index (χ2n) is 5.84. The van der Waals surface area contributed by atoms with E-state index >= 15 is 0 Å². The number of hydrogen-bond acceptors (Lipinski definition) is 3. The quantitative estimate of drug-likeness (QED) is 0.765. The van der Waals surface area contributed by atoms with Crippen LogP contribution in [0.3, 0.4) is 0 Å². The predicted octanol–water partition coefficient (Wildman–Crippen LogP) is 1.42. The molecule has 1 heterocycles. The maximum absolute atomic E-state index is 11.2. The van der Waals surface area contributed by atoms with E-state index in [9.17, 15) is 9.90 Å². The minimum atomic E-state index is -0.802. The lowest BCUT2D eigenvalue weighted by atomic mass is 9.90. The van der Waals surface area contributed by atoms with Gasteiger partial charge in [0.05, 0.1) is 0 Å². The molecule has 0 aromatic rings. The normalized spacial score (nSPS) is 29.9. The maximum Gasteiger partial charge on any atom is 0.323 e. The molecule has 3 atom stereocenters. The van der Waals surface area contributed by atoms with Gasteiger partial charge in [-0.05, 0) is 38.6 Å². The number of carbonyl (C=O) groups is 1. The van der Waals surface area contributed by atoms with Gasteiger partial charge in [-0.3, -0.25) is 4.79 Å². The Labute approximate surface area is 104 Å². The highest BCUT2D eigenvalue weighted by Gasteiger charge is 2.32. The molecular formula is C13H26N2O2. The number of likely N-dealkylation sites (tertiary alicyclic amines) is 1. The summed E-state index contributed by atoms with van der Waals surface area (Å²) >= 11 is 0. The summed E-state index contributed by atoms with van der Waals surface area (Å²) in [6, 6.07) is 0. The second kappa shape index (κ2) is 5.83. The second-order valence-corrected chi connectivity index (χ2v) is 5.84. The van der Waals surface area contributed by atoms with Crippen molar-refractivity contribution < 1.29 is 9.90 Å². The SMILES string of the molecule is CNC(C)(CCN1CC(C)CC(C)C1)C(=O)O. The number of rotatable bonds is 5. The number of likely N-dealkylation sites (N-methyl/N-ethyl adjacent to an activating group) is 1. The Bertz CT molecular complexity index is 260. The fraction of sp³-hybridized carbons (Fsp3) is 0.923. The molecule has 0 radical (unpaired) electrons. The van der Waals surface area contributed by atoms with Crippen LogP contribution in [0.5, 0.6) is 0 Å². The van der Waals surface area contributed by atoms with E-state index in [1.807, 2.05) is 0 Å². The highest BCUT2D eigenvalue weighted by Crippen LogP contribution is 2.22. The van der Waals surface area contributed by atoms with Crippen LogP contribution in [0.4, 0.5) is 0 Å². The smallest absolute Gasteiger partial charge is 0.323 e. The highest BCUT2D eigenvalue weighted by atomic mass is 16.4. The van der Waals surface area contributed by atoms with Crippen molar-refractivity contribution in [2.75, 3.05) is 26.7 Å². The Morgan fingerprint density at radius 1 is 1.41 bits per heavy atom. The lowest BCUT2D eigenvalue weighted by Crippen LogP contribution is -2.50. The molecule has 0 aliphatic carbocycles. The van der Waals surface area contributed by atoms with Gasteiger partial charge in [0, 0.05) is 19.6 Å². The molecule has 1 saturated heterocycles. The molecule has 4 heteroatoms. The fourth-order valence-electron chi connectivity index (χ4n) is 2.70. The van der Waals surface area contributed by atoms with Gasteiger partial charge in [-0.25, -0.2) is 0 Å². The molecular weight excluding hydrogens is 216 g/mol. The molecule has 0 bridgehead atoms. The van der Waals surface area contributed by atoms with Gasteiger partial charge in [0.25, 0.3) is 0 Å². The van der Waals surface area contributed by atoms with E-state index in [0.717, 1.165) is 31.5 Å². The number of piperidine rings is 1. The Hall–Kier alpha value is -0.610. The summed E-state index contributed by atoms with van der Waals surface area (Å²) in [5.41, 5.74) is -0.802. The van der Waals surface area contributed by atoms with Gasteiger partial charge in [0.1, 0.15) is 5.54 Å². The monoisotopic (exact) mass is 242 g/mol. The first-order chi connectivity index (χ1) is 7.87. The molecule has 0 aromatic carbocycles. The van der Waals surface area contributed by atoms with Crippen LogP contribution in [0.25, 0.3) is 0 Å². The first-order valence-electron chi connectivity index (χ1n) is 6.52. The predicted molar refractivity (Wildman–Crippen MR) is 69.1 cm³/mol. The van der Waals surface area contributed by atoms with Crippen molar-refractivity contribution in [2.45, 2.75) is 39.2 Å². The molecule has 0 aromatic heterocycles. The Morgan fingerprint density at radius 2 is 1.94 bits per heavy atom. The Morgan fingerprint density at radius 3 is 2.35 bits per heavy atom. The third kappa shape index (κ3) is 3.96. The molecule has 17 heavy (non-hydrogen) atoms. The lowest BCUT2D eigenvalue weighted by Gasteiger charge is -2.36. The number of aliphatic carboxylic acids is 1. The van der Waals surface area contributed by atoms with E-state index in [-0.39, 0.29) is 0 Å². The van der Waals surface area contributed by atoms with Crippen molar-refractivity contribution in [3.63, 3.8) is 0 Å². The Balaban J connectivity index is 2.46. The van der Waals surface area contributed by atoms with Gasteiger partial charge in [-0.2, -0.15) is 0 Å². The molecule has 1 aliphatic heterocycles. The van der Waals surface area contributed by atoms with E-state index in [1.54, 1.807) is 14.0 Å². The zero-order chi connectivity index (χ0) is 13.1. The summed E-state index contributed by atoms with van der Waals surface area (Å²) in [7, 11) is 1.72. The molecule has 1 rings (SSSR count). The number of carboxylic acid groups (broad SMARTS) is 1. The van der Waals surface area contributed by atoms with Crippen LogP contribution in [0.15, 0.2) is 0 Å². The van der Waals surface area contributed by atoms with Crippen LogP contribution in [-0.4, -0.2) is 48.2 Å². The minimum Gasteiger partial charge on any atom is -0.480 e. The van der Waals surface area contributed by atoms with Crippen molar-refractivity contribution >= 4 is 5.97 Å². The summed E-state index contributed by atoms with van der Waals surface area (Å²) in [6.07, 6.45) is 1.94. The minimum absolute atomic E-state index is 0.651. The number of carboxylic acids is 1. The molecule has 0 spiro atoms. The summed E-state index contributed by atoms with van der Waals surface area (Å²) in [4.78, 5) is 13.6. The first kappa shape index (κ1) is 14.5. The van der Waals surface area contributed by atoms with Crippen molar-refractivity contribution in [2.24, 2.45) is 11.8 Å². The van der Waals surface area contributed by atoms with Crippen LogP contribution in [0, 0.1) is 11.8 Å². The van der Waals surface area contributed by atoms with Gasteiger partial charge in [0.15, 0.2) is 0 Å². The fourth-order valence-corrected chi connectivity index (χ4v) is 2.70. The molecule has 0 saturated carbocycles. The van der Waals surface area contributed by atoms with Crippen molar-refractivity contribution in [3.8, 4) is 0 Å². The molecule has 2 N–H and O–H groups in total. The first-order valence-corrected chi connectivity index (χ1v) is 6.52. The van der Waals surface area contributed by atoms with Crippen molar-refractivity contribution in [3.05, 3.63) is 0 Å². The average Bonchev–Trinajstić information content (AvgIpc) is 2.24. The zero-order valence-corrected chi connectivity index (χ0v) is 11.5. The molecule has 4 nitrogen and oxygen atoms in total. The van der Waals surface area contributed by atoms with E-state index in [1.165, 1.54) is 6.42 Å². The van der Waals surface area contributed by atoms with E-state index in [4.69, 9.17) is 0 Å². The van der Waals surface area contributed by atoms with Gasteiger partial charge in [-0.1, -0.05) is 13.8 Å². The topological polar surface area (TPSA) is 52.6 Å². The molecule has 0 amide bonds. The Kier molecular flexibility index (Phi) is 4.95. The summed E-state index contributed by atoms with van der Waals surface area (Å²) in [5, 5.41) is 12.1. The molecule has 3 unspecified atom stereocenters.